The SMILES string of the molecule is CC(C)(C)NC(=O)[C@H]1CC[C@H]2CCCC[C@H]2N1C[C@@H]1C[C@H](c2ccc(CO)cc2)O[C@H](c2ccc(-c3ccccc3CNC(=O)CCCCC(=O)Nc3ccccc3N)cc2)O1. The van der Waals surface area contributed by atoms with Gasteiger partial charge in [-0.2, -0.15) is 0 Å². The Morgan fingerprint density at radius 3 is 2.23 bits per heavy atom. The number of ether oxygens (including phenoxy) is 2. The first-order valence-electron chi connectivity index (χ1n) is 22.6. The van der Waals surface area contributed by atoms with E-state index in [1.54, 1.807) is 12.1 Å². The smallest absolute Gasteiger partial charge is 0.237 e. The van der Waals surface area contributed by atoms with Gasteiger partial charge in [0.2, 0.25) is 17.7 Å². The lowest BCUT2D eigenvalue weighted by atomic mass is 9.75. The van der Waals surface area contributed by atoms with Crippen molar-refractivity contribution in [1.29, 1.82) is 0 Å². The maximum Gasteiger partial charge on any atom is 0.237 e. The van der Waals surface area contributed by atoms with Gasteiger partial charge in [0.15, 0.2) is 6.29 Å². The van der Waals surface area contributed by atoms with Crippen molar-refractivity contribution in [2.45, 2.75) is 141 Å². The van der Waals surface area contributed by atoms with Gasteiger partial charge in [0.1, 0.15) is 0 Å². The molecule has 6 atom stereocenters. The predicted octanol–water partition coefficient (Wildman–Crippen LogP) is 8.73. The third-order valence-corrected chi connectivity index (χ3v) is 12.6. The van der Waals surface area contributed by atoms with Crippen molar-refractivity contribution in [3.8, 4) is 11.1 Å². The van der Waals surface area contributed by atoms with E-state index in [9.17, 15) is 19.5 Å². The van der Waals surface area contributed by atoms with Crippen molar-refractivity contribution < 1.29 is 29.0 Å². The lowest BCUT2D eigenvalue weighted by molar-refractivity contribution is -0.255. The minimum atomic E-state index is -0.629. The third-order valence-electron chi connectivity index (χ3n) is 12.6. The van der Waals surface area contributed by atoms with E-state index in [0.29, 0.717) is 68.5 Å². The van der Waals surface area contributed by atoms with Crippen molar-refractivity contribution in [3.05, 3.63) is 119 Å². The van der Waals surface area contributed by atoms with Gasteiger partial charge in [-0.25, -0.2) is 0 Å². The molecule has 2 aliphatic heterocycles. The van der Waals surface area contributed by atoms with Crippen molar-refractivity contribution in [2.24, 2.45) is 5.92 Å². The first-order valence-corrected chi connectivity index (χ1v) is 22.6. The summed E-state index contributed by atoms with van der Waals surface area (Å²) < 4.78 is 13.6. The molecule has 4 aromatic carbocycles. The normalized spacial score (nSPS) is 22.9. The number of para-hydroxylation sites is 2. The summed E-state index contributed by atoms with van der Waals surface area (Å²) in [5.41, 5.74) is 12.5. The maximum atomic E-state index is 13.9. The second-order valence-corrected chi connectivity index (χ2v) is 18.4. The van der Waals surface area contributed by atoms with Crippen LogP contribution in [-0.2, 0) is 37.0 Å². The highest BCUT2D eigenvalue weighted by molar-refractivity contribution is 5.93. The van der Waals surface area contributed by atoms with Crippen LogP contribution in [0, 0.1) is 5.92 Å². The van der Waals surface area contributed by atoms with Crippen LogP contribution in [0.1, 0.15) is 126 Å². The highest BCUT2D eigenvalue weighted by Crippen LogP contribution is 2.42. The van der Waals surface area contributed by atoms with Gasteiger partial charge in [-0.05, 0) is 105 Å². The number of nitrogen functional groups attached to an aromatic ring is 1. The molecule has 0 aromatic heterocycles. The summed E-state index contributed by atoms with van der Waals surface area (Å²) in [4.78, 5) is 41.6. The van der Waals surface area contributed by atoms with E-state index in [1.807, 2.05) is 75.4 Å². The van der Waals surface area contributed by atoms with Crippen molar-refractivity contribution in [3.63, 3.8) is 0 Å². The second kappa shape index (κ2) is 20.9. The number of rotatable bonds is 15. The molecule has 7 rings (SSSR count). The van der Waals surface area contributed by atoms with E-state index in [-0.39, 0.29) is 48.1 Å². The van der Waals surface area contributed by atoms with E-state index in [2.05, 4.69) is 51.2 Å². The van der Waals surface area contributed by atoms with Crippen LogP contribution >= 0.6 is 0 Å². The molecule has 3 fully saturated rings. The minimum absolute atomic E-state index is 0.0223. The average Bonchev–Trinajstić information content (AvgIpc) is 3.27. The highest BCUT2D eigenvalue weighted by atomic mass is 16.7. The van der Waals surface area contributed by atoms with E-state index >= 15 is 0 Å². The molecule has 11 heteroatoms. The summed E-state index contributed by atoms with van der Waals surface area (Å²) in [6, 6.07) is 31.6. The fourth-order valence-corrected chi connectivity index (χ4v) is 9.45. The number of likely N-dealkylation sites (tertiary alicyclic amines) is 1. The summed E-state index contributed by atoms with van der Waals surface area (Å²) in [6.45, 7) is 7.13. The number of nitrogens with zero attached hydrogens (tertiary/aromatic N) is 1. The van der Waals surface area contributed by atoms with Gasteiger partial charge in [-0.15, -0.1) is 0 Å². The zero-order valence-electron chi connectivity index (χ0n) is 36.6. The van der Waals surface area contributed by atoms with E-state index in [4.69, 9.17) is 15.2 Å². The molecule has 1 aliphatic carbocycles. The molecule has 0 radical (unpaired) electrons. The number of aliphatic hydroxyl groups is 1. The Morgan fingerprint density at radius 1 is 0.790 bits per heavy atom. The summed E-state index contributed by atoms with van der Waals surface area (Å²) >= 11 is 0. The quantitative estimate of drug-likeness (QED) is 0.0588. The molecular formula is C51H65N5O6. The van der Waals surface area contributed by atoms with Gasteiger partial charge in [0.25, 0.3) is 0 Å². The second-order valence-electron chi connectivity index (χ2n) is 18.4. The molecular weight excluding hydrogens is 779 g/mol. The number of piperidine rings is 1. The molecule has 6 N–H and O–H groups in total. The number of hydrogen-bond donors (Lipinski definition) is 5. The Hall–Kier alpha value is -5.07. The maximum absolute atomic E-state index is 13.9. The Labute approximate surface area is 367 Å². The number of carbonyl (C=O) groups excluding carboxylic acids is 3. The fourth-order valence-electron chi connectivity index (χ4n) is 9.45. The number of nitrogens with one attached hydrogen (secondary N) is 3. The van der Waals surface area contributed by atoms with Crippen molar-refractivity contribution >= 4 is 29.1 Å². The Kier molecular flexibility index (Phi) is 15.1. The van der Waals surface area contributed by atoms with Gasteiger partial charge in [-0.1, -0.05) is 97.8 Å². The number of hydrogen-bond acceptors (Lipinski definition) is 8. The minimum Gasteiger partial charge on any atom is -0.397 e. The third kappa shape index (κ3) is 11.9. The molecule has 3 aliphatic rings. The monoisotopic (exact) mass is 843 g/mol. The number of carbonyl (C=O) groups is 3. The molecule has 11 nitrogen and oxygen atoms in total. The van der Waals surface area contributed by atoms with Gasteiger partial charge < -0.3 is 36.3 Å². The van der Waals surface area contributed by atoms with Crippen LogP contribution in [-0.4, -0.2) is 58.0 Å². The van der Waals surface area contributed by atoms with E-state index in [1.165, 1.54) is 19.3 Å². The number of fused-ring (bicyclic) bond motifs is 1. The molecule has 0 unspecified atom stereocenters. The van der Waals surface area contributed by atoms with Crippen molar-refractivity contribution in [2.75, 3.05) is 17.6 Å². The van der Waals surface area contributed by atoms with Crippen LogP contribution in [0.2, 0.25) is 0 Å². The molecule has 1 saturated carbocycles. The fraction of sp³-hybridized carbons (Fsp3) is 0.471. The lowest BCUT2D eigenvalue weighted by Gasteiger charge is -2.50. The molecule has 0 spiro atoms. The number of aliphatic hydroxyl groups excluding tert-OH is 1. The van der Waals surface area contributed by atoms with Crippen LogP contribution in [0.25, 0.3) is 11.1 Å². The number of amides is 3. The highest BCUT2D eigenvalue weighted by Gasteiger charge is 2.44. The Morgan fingerprint density at radius 2 is 1.48 bits per heavy atom. The van der Waals surface area contributed by atoms with Gasteiger partial charge in [0, 0.05) is 49.5 Å². The lowest BCUT2D eigenvalue weighted by Crippen LogP contribution is -2.61. The zero-order valence-corrected chi connectivity index (χ0v) is 36.6. The number of unbranched alkanes of at least 4 members (excludes halogenated alkanes) is 1. The average molecular weight is 844 g/mol. The first-order chi connectivity index (χ1) is 29.9. The van der Waals surface area contributed by atoms with Gasteiger partial charge in [-0.3, -0.25) is 19.3 Å². The predicted molar refractivity (Wildman–Crippen MR) is 243 cm³/mol. The molecule has 0 bridgehead atoms. The summed E-state index contributed by atoms with van der Waals surface area (Å²) in [5.74, 6) is 0.511. The first kappa shape index (κ1) is 45.0. The van der Waals surface area contributed by atoms with Crippen LogP contribution in [0.5, 0.6) is 0 Å². The Bertz CT molecular complexity index is 2120. The molecule has 330 valence electrons. The van der Waals surface area contributed by atoms with Crippen LogP contribution < -0.4 is 21.7 Å². The molecule has 3 amide bonds. The molecule has 2 saturated heterocycles. The number of nitrogens with two attached hydrogens (primary N) is 1. The Balaban J connectivity index is 1.01. The number of anilines is 2. The topological polar surface area (TPSA) is 155 Å². The van der Waals surface area contributed by atoms with Crippen LogP contribution in [0.15, 0.2) is 97.1 Å². The van der Waals surface area contributed by atoms with E-state index < -0.39 is 6.29 Å². The largest absolute Gasteiger partial charge is 0.397 e. The molecule has 2 heterocycles. The van der Waals surface area contributed by atoms with Gasteiger partial charge >= 0.3 is 0 Å². The van der Waals surface area contributed by atoms with Gasteiger partial charge in [0.05, 0.1) is 36.2 Å². The molecule has 4 aromatic rings. The van der Waals surface area contributed by atoms with Crippen molar-refractivity contribution in [1.82, 2.24) is 15.5 Å². The van der Waals surface area contributed by atoms with E-state index in [0.717, 1.165) is 52.6 Å². The van der Waals surface area contributed by atoms with Crippen LogP contribution in [0.3, 0.4) is 0 Å². The summed E-state index contributed by atoms with van der Waals surface area (Å²) in [6.07, 6.45) is 8.09. The molecule has 62 heavy (non-hydrogen) atoms. The summed E-state index contributed by atoms with van der Waals surface area (Å²) in [7, 11) is 0. The number of benzene rings is 4. The summed E-state index contributed by atoms with van der Waals surface area (Å²) in [5, 5.41) is 18.9. The standard InChI is InChI=1S/C51H65N5O6/c1-51(2,3)55-49(60)45-29-28-36-12-5-9-17-44(36)56(45)32-40-30-46(37-22-20-34(33-57)21-23-37)62-50(61-40)38-26-24-35(25-27-38)41-14-6-4-13-39(41)31-53-47(58)18-10-11-19-48(59)54-43-16-8-7-15-42(43)52/h4,6-8,13-16,20-27,36,40,44-46,50,57H,5,9-12,17-19,28-33,52H2,1-3H3,(H,53,58)(H,54,59)(H,55,60)/t36-,40+,44-,45-,46-,50-/m1/s1. The zero-order chi connectivity index (χ0) is 43.6. The van der Waals surface area contributed by atoms with Crippen LogP contribution in [0.4, 0.5) is 11.4 Å².